The summed E-state index contributed by atoms with van der Waals surface area (Å²) in [5.41, 5.74) is -13.1. The average Bonchev–Trinajstić information content (AvgIpc) is 2.10. The van der Waals surface area contributed by atoms with E-state index in [-0.39, 0.29) is 0 Å². The van der Waals surface area contributed by atoms with Gasteiger partial charge in [-0.1, -0.05) is 0 Å². The minimum absolute atomic E-state index is 3.78. The molecule has 1 atom stereocenters. The van der Waals surface area contributed by atoms with Gasteiger partial charge in [0, 0.05) is 0 Å². The van der Waals surface area contributed by atoms with Crippen LogP contribution in [0.5, 0.6) is 0 Å². The predicted molar refractivity (Wildman–Crippen MR) is 33.7 cm³/mol. The fraction of sp³-hybridized carbons (Fsp3) is 0.714. The van der Waals surface area contributed by atoms with Gasteiger partial charge in [-0.3, -0.25) is 0 Å². The molecule has 1 aliphatic carbocycles. The van der Waals surface area contributed by atoms with Crippen molar-refractivity contribution in [3.8, 4) is 0 Å². The summed E-state index contributed by atoms with van der Waals surface area (Å²) in [5, 5.41) is 0. The van der Waals surface area contributed by atoms with Crippen LogP contribution < -0.4 is 0 Å². The Labute approximate surface area is 95.2 Å². The van der Waals surface area contributed by atoms with E-state index in [1.807, 2.05) is 0 Å². The van der Waals surface area contributed by atoms with Gasteiger partial charge in [0.05, 0.1) is 0 Å². The Balaban J connectivity index is 3.78. The Morgan fingerprint density at radius 3 is 1.05 bits per heavy atom. The average molecular weight is 312 g/mol. The van der Waals surface area contributed by atoms with Crippen molar-refractivity contribution in [1.29, 1.82) is 0 Å². The largest absolute Gasteiger partial charge is 0.430 e. The Hall–Kier alpha value is -1.10. The van der Waals surface area contributed by atoms with Crippen LogP contribution in [0.1, 0.15) is 0 Å². The molecule has 0 saturated heterocycles. The lowest BCUT2D eigenvalue weighted by Crippen LogP contribution is -2.74. The standard InChI is InChI=1S/C7F12/c8-1-2(9)4(10,7(17,18)19)3(1,5(11,12)13)6(14,15)16. The van der Waals surface area contributed by atoms with Crippen LogP contribution in [0, 0.1) is 5.41 Å². The zero-order chi connectivity index (χ0) is 15.7. The number of hydrogen-bond acceptors (Lipinski definition) is 0. The van der Waals surface area contributed by atoms with Gasteiger partial charge in [-0.2, -0.15) is 39.5 Å². The molecule has 0 saturated carbocycles. The minimum atomic E-state index is -7.07. The van der Waals surface area contributed by atoms with Crippen molar-refractivity contribution in [3.63, 3.8) is 0 Å². The molecule has 19 heavy (non-hydrogen) atoms. The van der Waals surface area contributed by atoms with Crippen molar-refractivity contribution in [2.24, 2.45) is 5.41 Å². The first-order chi connectivity index (χ1) is 8.07. The van der Waals surface area contributed by atoms with Crippen molar-refractivity contribution < 1.29 is 52.7 Å². The maximum atomic E-state index is 13.1. The number of halogens is 12. The summed E-state index contributed by atoms with van der Waals surface area (Å²) < 4.78 is 147. The Morgan fingerprint density at radius 1 is 0.579 bits per heavy atom. The van der Waals surface area contributed by atoms with E-state index in [1.54, 1.807) is 0 Å². The van der Waals surface area contributed by atoms with Gasteiger partial charge in [0.2, 0.25) is 0 Å². The van der Waals surface area contributed by atoms with E-state index >= 15 is 0 Å². The molecule has 0 heterocycles. The first kappa shape index (κ1) is 16.0. The van der Waals surface area contributed by atoms with Crippen molar-refractivity contribution in [2.45, 2.75) is 24.2 Å². The monoisotopic (exact) mass is 312 g/mol. The summed E-state index contributed by atoms with van der Waals surface area (Å²) in [5.74, 6) is -7.66. The zero-order valence-electron chi connectivity index (χ0n) is 8.04. The molecule has 1 unspecified atom stereocenters. The molecule has 0 aromatic heterocycles. The number of rotatable bonds is 0. The second-order valence-electron chi connectivity index (χ2n) is 3.53. The summed E-state index contributed by atoms with van der Waals surface area (Å²) in [6.45, 7) is 0. The SMILES string of the molecule is FC1=C(F)C(C(F)(F)F)(C(F)(F)F)C1(F)C(F)(F)F. The highest BCUT2D eigenvalue weighted by Gasteiger charge is 2.97. The summed E-state index contributed by atoms with van der Waals surface area (Å²) in [7, 11) is 0. The van der Waals surface area contributed by atoms with Gasteiger partial charge in [0.1, 0.15) is 0 Å². The normalized spacial score (nSPS) is 28.4. The quantitative estimate of drug-likeness (QED) is 0.576. The van der Waals surface area contributed by atoms with Crippen LogP contribution in [0.4, 0.5) is 52.7 Å². The molecule has 12 heteroatoms. The molecule has 0 amide bonds. The zero-order valence-corrected chi connectivity index (χ0v) is 8.04. The summed E-state index contributed by atoms with van der Waals surface area (Å²) in [6.07, 6.45) is -21.1. The third kappa shape index (κ3) is 1.45. The lowest BCUT2D eigenvalue weighted by atomic mass is 9.60. The van der Waals surface area contributed by atoms with Gasteiger partial charge in [-0.25, -0.2) is 13.2 Å². The molecule has 0 radical (unpaired) electrons. The van der Waals surface area contributed by atoms with Crippen LogP contribution in [-0.2, 0) is 0 Å². The van der Waals surface area contributed by atoms with Crippen LogP contribution in [0.2, 0.25) is 0 Å². The van der Waals surface area contributed by atoms with Gasteiger partial charge in [0.15, 0.2) is 11.7 Å². The molecule has 0 bridgehead atoms. The van der Waals surface area contributed by atoms with Gasteiger partial charge in [-0.05, 0) is 0 Å². The van der Waals surface area contributed by atoms with Crippen molar-refractivity contribution in [2.75, 3.05) is 0 Å². The van der Waals surface area contributed by atoms with E-state index < -0.39 is 41.3 Å². The molecule has 0 nitrogen and oxygen atoms in total. The molecule has 0 fully saturated rings. The van der Waals surface area contributed by atoms with Crippen LogP contribution in [-0.4, -0.2) is 24.2 Å². The third-order valence-corrected chi connectivity index (χ3v) is 2.58. The fourth-order valence-electron chi connectivity index (χ4n) is 1.71. The number of alkyl halides is 10. The topological polar surface area (TPSA) is 0 Å². The van der Waals surface area contributed by atoms with Crippen molar-refractivity contribution in [3.05, 3.63) is 11.7 Å². The van der Waals surface area contributed by atoms with Crippen molar-refractivity contribution in [1.82, 2.24) is 0 Å². The molecule has 1 rings (SSSR count). The molecular weight excluding hydrogens is 312 g/mol. The molecule has 0 aromatic rings. The van der Waals surface area contributed by atoms with E-state index in [0.29, 0.717) is 0 Å². The lowest BCUT2D eigenvalue weighted by molar-refractivity contribution is -0.419. The molecule has 112 valence electrons. The molecular formula is C7F12. The van der Waals surface area contributed by atoms with Crippen LogP contribution in [0.15, 0.2) is 11.7 Å². The van der Waals surface area contributed by atoms with Gasteiger partial charge in [0.25, 0.3) is 11.1 Å². The molecule has 0 aromatic carbocycles. The third-order valence-electron chi connectivity index (χ3n) is 2.58. The van der Waals surface area contributed by atoms with Gasteiger partial charge < -0.3 is 0 Å². The van der Waals surface area contributed by atoms with Crippen LogP contribution >= 0.6 is 0 Å². The second kappa shape index (κ2) is 3.51. The van der Waals surface area contributed by atoms with E-state index in [4.69, 9.17) is 0 Å². The fourth-order valence-corrected chi connectivity index (χ4v) is 1.71. The molecule has 1 aliphatic rings. The summed E-state index contributed by atoms with van der Waals surface area (Å²) in [4.78, 5) is 0. The molecule has 0 spiro atoms. The predicted octanol–water partition coefficient (Wildman–Crippen LogP) is 4.53. The van der Waals surface area contributed by atoms with Crippen LogP contribution in [0.25, 0.3) is 0 Å². The Morgan fingerprint density at radius 2 is 0.895 bits per heavy atom. The number of hydrogen-bond donors (Lipinski definition) is 0. The maximum Gasteiger partial charge on any atom is 0.430 e. The van der Waals surface area contributed by atoms with Crippen molar-refractivity contribution >= 4 is 0 Å². The van der Waals surface area contributed by atoms with E-state index in [9.17, 15) is 52.7 Å². The van der Waals surface area contributed by atoms with Gasteiger partial charge >= 0.3 is 18.5 Å². The van der Waals surface area contributed by atoms with Gasteiger partial charge in [-0.15, -0.1) is 0 Å². The highest BCUT2D eigenvalue weighted by Crippen LogP contribution is 2.75. The number of allylic oxidation sites excluding steroid dienone is 2. The lowest BCUT2D eigenvalue weighted by Gasteiger charge is -2.51. The van der Waals surface area contributed by atoms with Crippen LogP contribution in [0.3, 0.4) is 0 Å². The smallest absolute Gasteiger partial charge is 0.224 e. The van der Waals surface area contributed by atoms with E-state index in [1.165, 1.54) is 0 Å². The first-order valence-corrected chi connectivity index (χ1v) is 4.02. The molecule has 0 N–H and O–H groups in total. The minimum Gasteiger partial charge on any atom is -0.224 e. The van der Waals surface area contributed by atoms with E-state index in [2.05, 4.69) is 0 Å². The second-order valence-corrected chi connectivity index (χ2v) is 3.53. The summed E-state index contributed by atoms with van der Waals surface area (Å²) >= 11 is 0. The highest BCUT2D eigenvalue weighted by molar-refractivity contribution is 5.45. The molecule has 0 aliphatic heterocycles. The highest BCUT2D eigenvalue weighted by atomic mass is 19.4. The Bertz CT molecular complexity index is 405. The Kier molecular flexibility index (Phi) is 2.95. The van der Waals surface area contributed by atoms with E-state index in [0.717, 1.165) is 0 Å². The maximum absolute atomic E-state index is 13.1. The summed E-state index contributed by atoms with van der Waals surface area (Å²) in [6, 6.07) is 0. The first-order valence-electron chi connectivity index (χ1n) is 4.02.